The maximum absolute atomic E-state index is 8.32. The minimum atomic E-state index is 0.571. The van der Waals surface area contributed by atoms with Gasteiger partial charge < -0.3 is 4.90 Å². The molecular weight excluding hydrogens is 232 g/mol. The predicted octanol–water partition coefficient (Wildman–Crippen LogP) is 3.76. The molecular formula is C17H20N2. The van der Waals surface area contributed by atoms with E-state index in [4.69, 9.17) is 5.41 Å². The molecule has 0 radical (unpaired) electrons. The number of nitrogens with zero attached hydrogens (tertiary/aromatic N) is 1. The molecule has 0 saturated carbocycles. The Balaban J connectivity index is 2.17. The van der Waals surface area contributed by atoms with Gasteiger partial charge in [0.1, 0.15) is 5.84 Å². The Morgan fingerprint density at radius 2 is 1.53 bits per heavy atom. The molecule has 0 saturated heterocycles. The lowest BCUT2D eigenvalue weighted by Crippen LogP contribution is -2.27. The first-order valence-electron chi connectivity index (χ1n) is 6.50. The molecule has 19 heavy (non-hydrogen) atoms. The number of rotatable bonds is 3. The van der Waals surface area contributed by atoms with Gasteiger partial charge in [-0.05, 0) is 30.5 Å². The SMILES string of the molecule is Cc1ccccc1CN(C)C(=N)c1ccccc1C. The third kappa shape index (κ3) is 3.02. The highest BCUT2D eigenvalue weighted by atomic mass is 15.1. The van der Waals surface area contributed by atoms with E-state index in [0.29, 0.717) is 5.84 Å². The van der Waals surface area contributed by atoms with Crippen molar-refractivity contribution in [1.29, 1.82) is 5.41 Å². The van der Waals surface area contributed by atoms with Gasteiger partial charge in [0.2, 0.25) is 0 Å². The van der Waals surface area contributed by atoms with E-state index in [1.54, 1.807) is 0 Å². The fourth-order valence-electron chi connectivity index (χ4n) is 2.17. The summed E-state index contributed by atoms with van der Waals surface area (Å²) in [5.74, 6) is 0.571. The molecule has 98 valence electrons. The maximum atomic E-state index is 8.32. The van der Waals surface area contributed by atoms with Crippen molar-refractivity contribution in [3.8, 4) is 0 Å². The summed E-state index contributed by atoms with van der Waals surface area (Å²) in [5.41, 5.74) is 4.68. The molecule has 0 amide bonds. The lowest BCUT2D eigenvalue weighted by Gasteiger charge is -2.22. The summed E-state index contributed by atoms with van der Waals surface area (Å²) in [4.78, 5) is 1.99. The van der Waals surface area contributed by atoms with Crippen molar-refractivity contribution in [2.45, 2.75) is 20.4 Å². The van der Waals surface area contributed by atoms with Crippen molar-refractivity contribution in [1.82, 2.24) is 4.90 Å². The number of nitrogens with one attached hydrogen (secondary N) is 1. The molecule has 2 aromatic carbocycles. The molecule has 0 aromatic heterocycles. The molecule has 0 aliphatic heterocycles. The average molecular weight is 252 g/mol. The fraction of sp³-hybridized carbons (Fsp3) is 0.235. The molecule has 0 heterocycles. The standard InChI is InChI=1S/C17H20N2/c1-13-8-4-6-10-15(13)12-19(3)17(18)16-11-7-5-9-14(16)2/h4-11,18H,12H2,1-3H3. The van der Waals surface area contributed by atoms with Crippen LogP contribution in [0.15, 0.2) is 48.5 Å². The van der Waals surface area contributed by atoms with Gasteiger partial charge in [0.15, 0.2) is 0 Å². The van der Waals surface area contributed by atoms with E-state index in [0.717, 1.165) is 17.7 Å². The number of benzene rings is 2. The number of hydrogen-bond acceptors (Lipinski definition) is 1. The first-order valence-corrected chi connectivity index (χ1v) is 6.50. The molecule has 2 nitrogen and oxygen atoms in total. The predicted molar refractivity (Wildman–Crippen MR) is 80.7 cm³/mol. The minimum Gasteiger partial charge on any atom is -0.355 e. The van der Waals surface area contributed by atoms with Gasteiger partial charge >= 0.3 is 0 Å². The quantitative estimate of drug-likeness (QED) is 0.653. The highest BCUT2D eigenvalue weighted by molar-refractivity contribution is 5.97. The average Bonchev–Trinajstić information content (AvgIpc) is 2.41. The Morgan fingerprint density at radius 1 is 0.947 bits per heavy atom. The van der Waals surface area contributed by atoms with Crippen molar-refractivity contribution in [2.75, 3.05) is 7.05 Å². The topological polar surface area (TPSA) is 27.1 Å². The molecule has 2 rings (SSSR count). The Bertz CT molecular complexity index is 587. The van der Waals surface area contributed by atoms with Crippen LogP contribution in [0, 0.1) is 19.3 Å². The number of amidine groups is 1. The van der Waals surface area contributed by atoms with Crippen molar-refractivity contribution < 1.29 is 0 Å². The van der Waals surface area contributed by atoms with Gasteiger partial charge in [-0.25, -0.2) is 0 Å². The Kier molecular flexibility index (Phi) is 4.00. The summed E-state index contributed by atoms with van der Waals surface area (Å²) in [6.45, 7) is 4.92. The summed E-state index contributed by atoms with van der Waals surface area (Å²) >= 11 is 0. The largest absolute Gasteiger partial charge is 0.355 e. The molecule has 2 heteroatoms. The molecule has 0 unspecified atom stereocenters. The number of hydrogen-bond donors (Lipinski definition) is 1. The van der Waals surface area contributed by atoms with Gasteiger partial charge in [-0.1, -0.05) is 48.5 Å². The highest BCUT2D eigenvalue weighted by Crippen LogP contribution is 2.14. The molecule has 0 aliphatic carbocycles. The van der Waals surface area contributed by atoms with Crippen LogP contribution < -0.4 is 0 Å². The second kappa shape index (κ2) is 5.70. The third-order valence-electron chi connectivity index (χ3n) is 3.45. The molecule has 0 atom stereocenters. The monoisotopic (exact) mass is 252 g/mol. The van der Waals surface area contributed by atoms with Gasteiger partial charge in [-0.15, -0.1) is 0 Å². The van der Waals surface area contributed by atoms with E-state index in [-0.39, 0.29) is 0 Å². The van der Waals surface area contributed by atoms with Crippen LogP contribution in [0.1, 0.15) is 22.3 Å². The third-order valence-corrected chi connectivity index (χ3v) is 3.45. The Morgan fingerprint density at radius 3 is 2.16 bits per heavy atom. The fourth-order valence-corrected chi connectivity index (χ4v) is 2.17. The van der Waals surface area contributed by atoms with Crippen LogP contribution in [-0.4, -0.2) is 17.8 Å². The van der Waals surface area contributed by atoms with Crippen molar-refractivity contribution in [3.63, 3.8) is 0 Å². The van der Waals surface area contributed by atoms with E-state index in [1.165, 1.54) is 11.1 Å². The normalized spacial score (nSPS) is 10.3. The van der Waals surface area contributed by atoms with Gasteiger partial charge in [-0.2, -0.15) is 0 Å². The van der Waals surface area contributed by atoms with Gasteiger partial charge in [0.05, 0.1) is 0 Å². The van der Waals surface area contributed by atoms with E-state index in [9.17, 15) is 0 Å². The minimum absolute atomic E-state index is 0.571. The Labute approximate surface area is 115 Å². The molecule has 0 aliphatic rings. The van der Waals surface area contributed by atoms with Gasteiger partial charge in [-0.3, -0.25) is 5.41 Å². The van der Waals surface area contributed by atoms with E-state index < -0.39 is 0 Å². The summed E-state index contributed by atoms with van der Waals surface area (Å²) in [7, 11) is 1.97. The van der Waals surface area contributed by atoms with E-state index in [2.05, 4.69) is 19.1 Å². The van der Waals surface area contributed by atoms with Crippen LogP contribution in [-0.2, 0) is 6.54 Å². The van der Waals surface area contributed by atoms with Crippen LogP contribution >= 0.6 is 0 Å². The van der Waals surface area contributed by atoms with E-state index >= 15 is 0 Å². The zero-order valence-corrected chi connectivity index (χ0v) is 11.8. The molecule has 0 fully saturated rings. The first-order chi connectivity index (χ1) is 9.09. The summed E-state index contributed by atoms with van der Waals surface area (Å²) in [6, 6.07) is 16.4. The van der Waals surface area contributed by atoms with Crippen molar-refractivity contribution in [3.05, 3.63) is 70.8 Å². The zero-order valence-electron chi connectivity index (χ0n) is 11.8. The second-order valence-electron chi connectivity index (χ2n) is 4.95. The van der Waals surface area contributed by atoms with Crippen molar-refractivity contribution in [2.24, 2.45) is 0 Å². The van der Waals surface area contributed by atoms with Gasteiger partial charge in [0, 0.05) is 19.2 Å². The zero-order chi connectivity index (χ0) is 13.8. The molecule has 0 bridgehead atoms. The van der Waals surface area contributed by atoms with Crippen LogP contribution in [0.5, 0.6) is 0 Å². The molecule has 0 spiro atoms. The molecule has 1 N–H and O–H groups in total. The summed E-state index contributed by atoms with van der Waals surface area (Å²) in [6.07, 6.45) is 0. The lowest BCUT2D eigenvalue weighted by molar-refractivity contribution is 0.496. The summed E-state index contributed by atoms with van der Waals surface area (Å²) in [5, 5.41) is 8.32. The van der Waals surface area contributed by atoms with E-state index in [1.807, 2.05) is 55.3 Å². The maximum Gasteiger partial charge on any atom is 0.128 e. The van der Waals surface area contributed by atoms with Crippen LogP contribution in [0.2, 0.25) is 0 Å². The van der Waals surface area contributed by atoms with Crippen LogP contribution in [0.25, 0.3) is 0 Å². The Hall–Kier alpha value is -2.09. The lowest BCUT2D eigenvalue weighted by atomic mass is 10.1. The molecule has 2 aromatic rings. The number of aryl methyl sites for hydroxylation is 2. The first kappa shape index (κ1) is 13.3. The second-order valence-corrected chi connectivity index (χ2v) is 4.95. The van der Waals surface area contributed by atoms with Crippen LogP contribution in [0.3, 0.4) is 0 Å². The summed E-state index contributed by atoms with van der Waals surface area (Å²) < 4.78 is 0. The van der Waals surface area contributed by atoms with Gasteiger partial charge in [0.25, 0.3) is 0 Å². The highest BCUT2D eigenvalue weighted by Gasteiger charge is 2.10. The smallest absolute Gasteiger partial charge is 0.128 e. The van der Waals surface area contributed by atoms with Crippen LogP contribution in [0.4, 0.5) is 0 Å². The van der Waals surface area contributed by atoms with Crippen molar-refractivity contribution >= 4 is 5.84 Å².